The van der Waals surface area contributed by atoms with E-state index in [1.807, 2.05) is 24.3 Å². The number of nitrogens with two attached hydrogens (primary N) is 1. The first-order valence-corrected chi connectivity index (χ1v) is 6.84. The number of thiazole rings is 1. The molecule has 1 heterocycles. The molecule has 17 heavy (non-hydrogen) atoms. The fourth-order valence-corrected chi connectivity index (χ4v) is 2.70. The number of aromatic nitrogens is 1. The van der Waals surface area contributed by atoms with Crippen LogP contribution < -0.4 is 5.73 Å². The van der Waals surface area contributed by atoms with Crippen molar-refractivity contribution in [3.05, 3.63) is 50.9 Å². The zero-order valence-corrected chi connectivity index (χ0v) is 11.3. The Bertz CT molecular complexity index is 496. The van der Waals surface area contributed by atoms with Gasteiger partial charge >= 0.3 is 0 Å². The van der Waals surface area contributed by atoms with Crippen LogP contribution in [0, 0.1) is 0 Å². The van der Waals surface area contributed by atoms with E-state index in [4.69, 9.17) is 17.3 Å². The maximum Gasteiger partial charge on any atom is 0.0972 e. The Morgan fingerprint density at radius 3 is 2.88 bits per heavy atom. The van der Waals surface area contributed by atoms with E-state index in [0.717, 1.165) is 27.7 Å². The van der Waals surface area contributed by atoms with Gasteiger partial charge < -0.3 is 5.73 Å². The Kier molecular flexibility index (Phi) is 4.15. The third kappa shape index (κ3) is 3.06. The van der Waals surface area contributed by atoms with Crippen molar-refractivity contribution in [2.24, 2.45) is 5.73 Å². The molecule has 0 aliphatic heterocycles. The predicted molar refractivity (Wildman–Crippen MR) is 73.8 cm³/mol. The average Bonchev–Trinajstić information content (AvgIpc) is 2.80. The summed E-state index contributed by atoms with van der Waals surface area (Å²) in [6.07, 6.45) is 0.793. The molecule has 2 rings (SSSR count). The Balaban J connectivity index is 2.14. The molecule has 0 saturated heterocycles. The van der Waals surface area contributed by atoms with Crippen molar-refractivity contribution in [2.75, 3.05) is 6.54 Å². The molecule has 1 atom stereocenters. The smallest absolute Gasteiger partial charge is 0.0972 e. The maximum atomic E-state index is 6.13. The van der Waals surface area contributed by atoms with Crippen LogP contribution in [0.4, 0.5) is 0 Å². The van der Waals surface area contributed by atoms with Crippen molar-refractivity contribution >= 4 is 22.9 Å². The van der Waals surface area contributed by atoms with Gasteiger partial charge in [0.05, 0.1) is 10.7 Å². The molecule has 0 bridgehead atoms. The SMILES string of the molecule is CC(CN)c1csc(Cc2ccccc2Cl)n1. The molecule has 0 aliphatic rings. The fraction of sp³-hybridized carbons (Fsp3) is 0.308. The first kappa shape index (κ1) is 12.6. The van der Waals surface area contributed by atoms with Crippen LogP contribution in [0.2, 0.25) is 5.02 Å². The minimum atomic E-state index is 0.325. The molecule has 0 aliphatic carbocycles. The monoisotopic (exact) mass is 266 g/mol. The molecule has 1 aromatic heterocycles. The van der Waals surface area contributed by atoms with E-state index in [1.165, 1.54) is 0 Å². The molecular formula is C13H15ClN2S. The second kappa shape index (κ2) is 5.63. The highest BCUT2D eigenvalue weighted by Crippen LogP contribution is 2.23. The van der Waals surface area contributed by atoms with Gasteiger partial charge in [0.1, 0.15) is 0 Å². The van der Waals surface area contributed by atoms with Crippen molar-refractivity contribution in [1.82, 2.24) is 4.98 Å². The van der Waals surface area contributed by atoms with Crippen LogP contribution in [0.5, 0.6) is 0 Å². The van der Waals surface area contributed by atoms with Crippen LogP contribution in [-0.2, 0) is 6.42 Å². The Hall–Kier alpha value is -0.900. The minimum Gasteiger partial charge on any atom is -0.330 e. The highest BCUT2D eigenvalue weighted by molar-refractivity contribution is 7.09. The summed E-state index contributed by atoms with van der Waals surface area (Å²) in [5.41, 5.74) is 7.84. The standard InChI is InChI=1S/C13H15ClN2S/c1-9(7-15)12-8-17-13(16-12)6-10-4-2-3-5-11(10)14/h2-5,8-9H,6-7,15H2,1H3. The van der Waals surface area contributed by atoms with Gasteiger partial charge in [-0.05, 0) is 11.6 Å². The summed E-state index contributed by atoms with van der Waals surface area (Å²) in [4.78, 5) is 4.60. The number of hydrogen-bond acceptors (Lipinski definition) is 3. The van der Waals surface area contributed by atoms with Gasteiger partial charge in [0.15, 0.2) is 0 Å². The summed E-state index contributed by atoms with van der Waals surface area (Å²) < 4.78 is 0. The summed E-state index contributed by atoms with van der Waals surface area (Å²) >= 11 is 7.80. The first-order valence-electron chi connectivity index (χ1n) is 5.58. The van der Waals surface area contributed by atoms with Gasteiger partial charge in [-0.2, -0.15) is 0 Å². The van der Waals surface area contributed by atoms with Crippen LogP contribution in [0.15, 0.2) is 29.6 Å². The molecule has 0 saturated carbocycles. The lowest BCUT2D eigenvalue weighted by atomic mass is 10.1. The lowest BCUT2D eigenvalue weighted by Crippen LogP contribution is -2.09. The minimum absolute atomic E-state index is 0.325. The van der Waals surface area contributed by atoms with E-state index in [2.05, 4.69) is 17.3 Å². The van der Waals surface area contributed by atoms with Crippen molar-refractivity contribution in [1.29, 1.82) is 0 Å². The molecule has 0 fully saturated rings. The first-order chi connectivity index (χ1) is 8.20. The maximum absolute atomic E-state index is 6.13. The summed E-state index contributed by atoms with van der Waals surface area (Å²) in [5, 5.41) is 3.98. The van der Waals surface area contributed by atoms with E-state index in [9.17, 15) is 0 Å². The molecule has 0 amide bonds. The van der Waals surface area contributed by atoms with Crippen molar-refractivity contribution in [2.45, 2.75) is 19.3 Å². The molecule has 2 N–H and O–H groups in total. The van der Waals surface area contributed by atoms with Gasteiger partial charge in [-0.25, -0.2) is 4.98 Å². The molecule has 1 unspecified atom stereocenters. The van der Waals surface area contributed by atoms with E-state index in [1.54, 1.807) is 11.3 Å². The topological polar surface area (TPSA) is 38.9 Å². The molecule has 2 nitrogen and oxygen atoms in total. The number of hydrogen-bond donors (Lipinski definition) is 1. The van der Waals surface area contributed by atoms with E-state index in [0.29, 0.717) is 12.5 Å². The van der Waals surface area contributed by atoms with Gasteiger partial charge in [-0.15, -0.1) is 11.3 Å². The Morgan fingerprint density at radius 2 is 2.18 bits per heavy atom. The summed E-state index contributed by atoms with van der Waals surface area (Å²) in [7, 11) is 0. The lowest BCUT2D eigenvalue weighted by Gasteiger charge is -2.03. The zero-order chi connectivity index (χ0) is 12.3. The third-order valence-corrected chi connectivity index (χ3v) is 3.96. The summed E-state index contributed by atoms with van der Waals surface area (Å²) in [6.45, 7) is 2.73. The van der Waals surface area contributed by atoms with Gasteiger partial charge in [-0.3, -0.25) is 0 Å². The van der Waals surface area contributed by atoms with Crippen molar-refractivity contribution in [3.63, 3.8) is 0 Å². The van der Waals surface area contributed by atoms with Gasteiger partial charge in [0.2, 0.25) is 0 Å². The predicted octanol–water partition coefficient (Wildman–Crippen LogP) is 3.45. The second-order valence-electron chi connectivity index (χ2n) is 4.07. The fourth-order valence-electron chi connectivity index (χ4n) is 1.56. The zero-order valence-electron chi connectivity index (χ0n) is 9.69. The van der Waals surface area contributed by atoms with Gasteiger partial charge in [0, 0.05) is 29.3 Å². The number of benzene rings is 1. The van der Waals surface area contributed by atoms with E-state index in [-0.39, 0.29) is 0 Å². The lowest BCUT2D eigenvalue weighted by molar-refractivity contribution is 0.748. The van der Waals surface area contributed by atoms with Gasteiger partial charge in [0.25, 0.3) is 0 Å². The Morgan fingerprint density at radius 1 is 1.41 bits per heavy atom. The Labute approximate surface area is 110 Å². The van der Waals surface area contributed by atoms with Crippen LogP contribution in [0.1, 0.15) is 29.1 Å². The number of nitrogens with zero attached hydrogens (tertiary/aromatic N) is 1. The summed E-state index contributed by atoms with van der Waals surface area (Å²) in [5.74, 6) is 0.325. The van der Waals surface area contributed by atoms with Crippen LogP contribution in [-0.4, -0.2) is 11.5 Å². The second-order valence-corrected chi connectivity index (χ2v) is 5.42. The van der Waals surface area contributed by atoms with Crippen LogP contribution >= 0.6 is 22.9 Å². The molecule has 90 valence electrons. The van der Waals surface area contributed by atoms with E-state index < -0.39 is 0 Å². The molecule has 0 radical (unpaired) electrons. The van der Waals surface area contributed by atoms with Crippen molar-refractivity contribution in [3.8, 4) is 0 Å². The molecular weight excluding hydrogens is 252 g/mol. The molecule has 2 aromatic rings. The third-order valence-electron chi connectivity index (χ3n) is 2.73. The number of rotatable bonds is 4. The van der Waals surface area contributed by atoms with Crippen LogP contribution in [0.3, 0.4) is 0 Å². The molecule has 4 heteroatoms. The highest BCUT2D eigenvalue weighted by Gasteiger charge is 2.09. The highest BCUT2D eigenvalue weighted by atomic mass is 35.5. The normalized spacial score (nSPS) is 12.6. The van der Waals surface area contributed by atoms with Gasteiger partial charge in [-0.1, -0.05) is 36.7 Å². The summed E-state index contributed by atoms with van der Waals surface area (Å²) in [6, 6.07) is 7.89. The van der Waals surface area contributed by atoms with E-state index >= 15 is 0 Å². The molecule has 0 spiro atoms. The largest absolute Gasteiger partial charge is 0.330 e. The average molecular weight is 267 g/mol. The van der Waals surface area contributed by atoms with Crippen LogP contribution in [0.25, 0.3) is 0 Å². The quantitative estimate of drug-likeness (QED) is 0.921. The molecule has 1 aromatic carbocycles. The van der Waals surface area contributed by atoms with Crippen molar-refractivity contribution < 1.29 is 0 Å². The number of halogens is 1.